The zero-order chi connectivity index (χ0) is 21.8. The predicted octanol–water partition coefficient (Wildman–Crippen LogP) is 3.46. The van der Waals surface area contributed by atoms with Gasteiger partial charge in [-0.1, -0.05) is 60.7 Å². The first-order chi connectivity index (χ1) is 15.1. The predicted molar refractivity (Wildman–Crippen MR) is 119 cm³/mol. The van der Waals surface area contributed by atoms with Crippen molar-refractivity contribution >= 4 is 28.9 Å². The summed E-state index contributed by atoms with van der Waals surface area (Å²) >= 11 is 0. The van der Waals surface area contributed by atoms with E-state index in [-0.39, 0.29) is 17.2 Å². The Morgan fingerprint density at radius 2 is 1.48 bits per heavy atom. The quantitative estimate of drug-likeness (QED) is 0.442. The highest BCUT2D eigenvalue weighted by atomic mass is 16.3. The summed E-state index contributed by atoms with van der Waals surface area (Å²) in [5.74, 6) is -0.986. The number of carbonyl (C=O) groups excluding carboxylic acids is 2. The van der Waals surface area contributed by atoms with Crippen LogP contribution < -0.4 is 15.9 Å². The van der Waals surface area contributed by atoms with Crippen molar-refractivity contribution < 1.29 is 14.7 Å². The van der Waals surface area contributed by atoms with Gasteiger partial charge in [-0.2, -0.15) is 10.1 Å². The second-order valence-corrected chi connectivity index (χ2v) is 6.85. The molecule has 1 aliphatic rings. The van der Waals surface area contributed by atoms with Crippen LogP contribution in [0.5, 0.6) is 5.75 Å². The number of phenolic OH excluding ortho intramolecular Hbond substituents is 1. The highest BCUT2D eigenvalue weighted by molar-refractivity contribution is 6.33. The fraction of sp³-hybridized carbons (Fsp3) is 0.0417. The van der Waals surface area contributed by atoms with Crippen LogP contribution in [0.3, 0.4) is 0 Å². The summed E-state index contributed by atoms with van der Waals surface area (Å²) in [6, 6.07) is 24.5. The maximum atomic E-state index is 13.3. The number of benzene rings is 3. The lowest BCUT2D eigenvalue weighted by Crippen LogP contribution is -2.38. The van der Waals surface area contributed by atoms with Gasteiger partial charge in [0, 0.05) is 5.56 Å². The van der Waals surface area contributed by atoms with Crippen LogP contribution in [0.15, 0.2) is 95.6 Å². The van der Waals surface area contributed by atoms with Crippen LogP contribution in [-0.4, -0.2) is 22.6 Å². The number of para-hydroxylation sites is 2. The van der Waals surface area contributed by atoms with E-state index in [1.807, 2.05) is 48.5 Å². The Labute approximate surface area is 179 Å². The van der Waals surface area contributed by atoms with E-state index in [0.717, 1.165) is 0 Å². The van der Waals surface area contributed by atoms with Crippen molar-refractivity contribution in [3.05, 3.63) is 102 Å². The van der Waals surface area contributed by atoms with Gasteiger partial charge in [0.15, 0.2) is 0 Å². The molecule has 0 unspecified atom stereocenters. The Kier molecular flexibility index (Phi) is 5.49. The second kappa shape index (κ2) is 8.54. The van der Waals surface area contributed by atoms with Crippen molar-refractivity contribution in [2.24, 2.45) is 5.10 Å². The van der Waals surface area contributed by atoms with Crippen LogP contribution in [0.25, 0.3) is 5.70 Å². The molecule has 0 radical (unpaired) electrons. The lowest BCUT2D eigenvalue weighted by atomic mass is 10.0. The number of anilines is 1. The van der Waals surface area contributed by atoms with Gasteiger partial charge in [-0.15, -0.1) is 0 Å². The number of aromatic hydroxyl groups is 1. The van der Waals surface area contributed by atoms with Crippen LogP contribution in [0, 0.1) is 0 Å². The smallest absolute Gasteiger partial charge is 0.282 e. The average Bonchev–Trinajstić information content (AvgIpc) is 3.09. The molecule has 1 aliphatic heterocycles. The van der Waals surface area contributed by atoms with E-state index in [9.17, 15) is 14.7 Å². The minimum atomic E-state index is -0.535. The molecule has 3 aromatic rings. The number of hydrazone groups is 1. The molecule has 7 nitrogen and oxygen atoms in total. The number of carbonyl (C=O) groups is 2. The number of hydrogen-bond donors (Lipinski definition) is 3. The molecule has 0 aromatic heterocycles. The molecule has 4 rings (SSSR count). The number of hydrogen-bond acceptors (Lipinski definition) is 5. The van der Waals surface area contributed by atoms with Gasteiger partial charge in [-0.05, 0) is 31.2 Å². The molecule has 7 heteroatoms. The highest BCUT2D eigenvalue weighted by Crippen LogP contribution is 2.27. The molecule has 0 spiro atoms. The van der Waals surface area contributed by atoms with Gasteiger partial charge in [-0.3, -0.25) is 20.4 Å². The third-order valence-electron chi connectivity index (χ3n) is 4.78. The van der Waals surface area contributed by atoms with Crippen LogP contribution in [0.4, 0.5) is 5.69 Å². The SMILES string of the molecule is CC1=NN(c2ccccc2)C(=O)/C1=C(\NNC(=O)c1ccccc1O)c1ccccc1. The summed E-state index contributed by atoms with van der Waals surface area (Å²) in [7, 11) is 0. The number of nitrogens with one attached hydrogen (secondary N) is 2. The minimum absolute atomic E-state index is 0.112. The average molecular weight is 412 g/mol. The van der Waals surface area contributed by atoms with Crippen molar-refractivity contribution in [2.75, 3.05) is 5.01 Å². The van der Waals surface area contributed by atoms with E-state index >= 15 is 0 Å². The molecule has 3 aromatic carbocycles. The summed E-state index contributed by atoms with van der Waals surface area (Å²) in [5, 5.41) is 15.7. The summed E-state index contributed by atoms with van der Waals surface area (Å²) in [6.45, 7) is 1.74. The number of phenols is 1. The zero-order valence-corrected chi connectivity index (χ0v) is 16.7. The van der Waals surface area contributed by atoms with Crippen molar-refractivity contribution in [3.63, 3.8) is 0 Å². The van der Waals surface area contributed by atoms with E-state index in [1.54, 1.807) is 31.2 Å². The van der Waals surface area contributed by atoms with Crippen LogP contribution in [0.1, 0.15) is 22.8 Å². The van der Waals surface area contributed by atoms with Gasteiger partial charge in [0.25, 0.3) is 11.8 Å². The van der Waals surface area contributed by atoms with Crippen molar-refractivity contribution in [3.8, 4) is 5.75 Å². The molecular weight excluding hydrogens is 392 g/mol. The van der Waals surface area contributed by atoms with Gasteiger partial charge in [0.05, 0.1) is 28.2 Å². The van der Waals surface area contributed by atoms with Gasteiger partial charge < -0.3 is 5.11 Å². The minimum Gasteiger partial charge on any atom is -0.507 e. The van der Waals surface area contributed by atoms with Crippen LogP contribution in [-0.2, 0) is 4.79 Å². The van der Waals surface area contributed by atoms with Gasteiger partial charge >= 0.3 is 0 Å². The Balaban J connectivity index is 1.70. The maximum Gasteiger partial charge on any atom is 0.282 e. The molecule has 0 fully saturated rings. The van der Waals surface area contributed by atoms with Gasteiger partial charge in [-0.25, -0.2) is 0 Å². The van der Waals surface area contributed by atoms with Gasteiger partial charge in [0.1, 0.15) is 5.75 Å². The molecule has 0 aliphatic carbocycles. The Bertz CT molecular complexity index is 1190. The molecule has 0 saturated heterocycles. The lowest BCUT2D eigenvalue weighted by molar-refractivity contribution is -0.114. The molecule has 1 heterocycles. The molecule has 0 bridgehead atoms. The molecule has 0 saturated carbocycles. The number of nitrogens with zero attached hydrogens (tertiary/aromatic N) is 2. The zero-order valence-electron chi connectivity index (χ0n) is 16.7. The van der Waals surface area contributed by atoms with E-state index in [2.05, 4.69) is 16.0 Å². The first kappa shape index (κ1) is 19.9. The fourth-order valence-electron chi connectivity index (χ4n) is 3.27. The topological polar surface area (TPSA) is 94.0 Å². The van der Waals surface area contributed by atoms with Crippen molar-refractivity contribution in [2.45, 2.75) is 6.92 Å². The molecular formula is C24H20N4O3. The van der Waals surface area contributed by atoms with Gasteiger partial charge in [0.2, 0.25) is 0 Å². The Morgan fingerprint density at radius 1 is 0.871 bits per heavy atom. The third-order valence-corrected chi connectivity index (χ3v) is 4.78. The van der Waals surface area contributed by atoms with Crippen molar-refractivity contribution in [1.82, 2.24) is 10.9 Å². The summed E-state index contributed by atoms with van der Waals surface area (Å²) in [6.07, 6.45) is 0. The maximum absolute atomic E-state index is 13.3. The number of amides is 2. The lowest BCUT2D eigenvalue weighted by Gasteiger charge is -2.16. The van der Waals surface area contributed by atoms with E-state index in [1.165, 1.54) is 17.1 Å². The molecule has 0 atom stereocenters. The Morgan fingerprint density at radius 3 is 2.16 bits per heavy atom. The first-order valence-corrected chi connectivity index (χ1v) is 9.65. The number of hydrazine groups is 1. The number of rotatable bonds is 5. The summed E-state index contributed by atoms with van der Waals surface area (Å²) in [4.78, 5) is 25.8. The first-order valence-electron chi connectivity index (χ1n) is 9.65. The third kappa shape index (κ3) is 4.02. The highest BCUT2D eigenvalue weighted by Gasteiger charge is 2.32. The van der Waals surface area contributed by atoms with Crippen LogP contribution in [0.2, 0.25) is 0 Å². The van der Waals surface area contributed by atoms with E-state index < -0.39 is 5.91 Å². The second-order valence-electron chi connectivity index (χ2n) is 6.85. The molecule has 31 heavy (non-hydrogen) atoms. The van der Waals surface area contributed by atoms with Crippen molar-refractivity contribution in [1.29, 1.82) is 0 Å². The monoisotopic (exact) mass is 412 g/mol. The van der Waals surface area contributed by atoms with Crippen LogP contribution >= 0.6 is 0 Å². The molecule has 154 valence electrons. The largest absolute Gasteiger partial charge is 0.507 e. The standard InChI is InChI=1S/C24H20N4O3/c1-16-21(24(31)28(27-16)18-12-6-3-7-13-18)22(17-10-4-2-5-11-17)25-26-23(30)19-14-8-9-15-20(19)29/h2-15,25,29H,1H3,(H,26,30)/b22-21-. The summed E-state index contributed by atoms with van der Waals surface area (Å²) < 4.78 is 0. The Hall–Kier alpha value is -4.39. The fourth-order valence-corrected chi connectivity index (χ4v) is 3.27. The normalized spacial score (nSPS) is 14.8. The van der Waals surface area contributed by atoms with E-state index in [4.69, 9.17) is 0 Å². The molecule has 3 N–H and O–H groups in total. The van der Waals surface area contributed by atoms with E-state index in [0.29, 0.717) is 28.2 Å². The molecule has 2 amide bonds. The summed E-state index contributed by atoms with van der Waals surface area (Å²) in [5.41, 5.74) is 8.18.